The van der Waals surface area contributed by atoms with E-state index in [-0.39, 0.29) is 52.7 Å². The lowest BCUT2D eigenvalue weighted by Crippen LogP contribution is -2.36. The van der Waals surface area contributed by atoms with Crippen molar-refractivity contribution in [3.8, 4) is 0 Å². The second-order valence-corrected chi connectivity index (χ2v) is 9.11. The molecule has 0 spiro atoms. The third-order valence-electron chi connectivity index (χ3n) is 5.06. The summed E-state index contributed by atoms with van der Waals surface area (Å²) in [5, 5.41) is 29.7. The molecule has 0 aliphatic heterocycles. The zero-order valence-corrected chi connectivity index (χ0v) is 21.7. The molecule has 0 fully saturated rings. The first-order valence-corrected chi connectivity index (χ1v) is 11.5. The maximum atomic E-state index is 11.8. The van der Waals surface area contributed by atoms with Crippen LogP contribution in [0.25, 0.3) is 0 Å². The lowest BCUT2D eigenvalue weighted by molar-refractivity contribution is -0.168. The standard InChI is InChI=1S/C23H40O13/c1-6-23(4,13-24)36-20(28)12-18(26)34-10-8-21(2,29)14-33-16-32-9-7-22(3,30)15-35-19(27)11-17(25)31-5/h24,29-30H,6-16H2,1-5H3. The SMILES string of the molecule is CCC(C)(CO)OC(=O)CC(=O)OCCC(C)(O)COCOCCC(C)(O)COC(=O)CC(=O)OC. The summed E-state index contributed by atoms with van der Waals surface area (Å²) in [6.07, 6.45) is -0.652. The van der Waals surface area contributed by atoms with Gasteiger partial charge in [-0.1, -0.05) is 6.92 Å². The fourth-order valence-electron chi connectivity index (χ4n) is 2.37. The number of hydrogen-bond donors (Lipinski definition) is 3. The minimum atomic E-state index is -1.39. The minimum Gasteiger partial charge on any atom is -0.469 e. The Bertz CT molecular complexity index is 698. The third kappa shape index (κ3) is 16.4. The highest BCUT2D eigenvalue weighted by atomic mass is 16.7. The Morgan fingerprint density at radius 3 is 1.89 bits per heavy atom. The fraction of sp³-hybridized carbons (Fsp3) is 0.826. The fourth-order valence-corrected chi connectivity index (χ4v) is 2.37. The van der Waals surface area contributed by atoms with Gasteiger partial charge in [-0.3, -0.25) is 19.2 Å². The van der Waals surface area contributed by atoms with Gasteiger partial charge in [0, 0.05) is 12.8 Å². The average molecular weight is 525 g/mol. The van der Waals surface area contributed by atoms with E-state index in [1.165, 1.54) is 13.8 Å². The number of esters is 4. The number of aliphatic hydroxyl groups excluding tert-OH is 1. The molecule has 0 aliphatic carbocycles. The molecule has 3 atom stereocenters. The van der Waals surface area contributed by atoms with E-state index in [2.05, 4.69) is 4.74 Å². The zero-order valence-electron chi connectivity index (χ0n) is 21.7. The van der Waals surface area contributed by atoms with E-state index in [4.69, 9.17) is 23.7 Å². The van der Waals surface area contributed by atoms with Crippen molar-refractivity contribution in [2.75, 3.05) is 46.9 Å². The van der Waals surface area contributed by atoms with Gasteiger partial charge >= 0.3 is 23.9 Å². The van der Waals surface area contributed by atoms with Crippen molar-refractivity contribution < 1.29 is 62.9 Å². The molecule has 0 aromatic carbocycles. The Kier molecular flexibility index (Phi) is 15.4. The highest BCUT2D eigenvalue weighted by Crippen LogP contribution is 2.16. The Hall–Kier alpha value is -2.32. The Balaban J connectivity index is 4.05. The minimum absolute atomic E-state index is 0.0305. The molecule has 13 nitrogen and oxygen atoms in total. The van der Waals surface area contributed by atoms with Crippen molar-refractivity contribution in [3.05, 3.63) is 0 Å². The van der Waals surface area contributed by atoms with E-state index in [0.29, 0.717) is 6.42 Å². The van der Waals surface area contributed by atoms with Crippen LogP contribution in [0.4, 0.5) is 0 Å². The lowest BCUT2D eigenvalue weighted by Gasteiger charge is -2.25. The van der Waals surface area contributed by atoms with Crippen molar-refractivity contribution in [1.82, 2.24) is 0 Å². The topological polar surface area (TPSA) is 184 Å². The van der Waals surface area contributed by atoms with E-state index >= 15 is 0 Å². The predicted molar refractivity (Wildman–Crippen MR) is 122 cm³/mol. The molecule has 0 aromatic rings. The zero-order chi connectivity index (χ0) is 27.8. The van der Waals surface area contributed by atoms with Crippen molar-refractivity contribution in [2.45, 2.75) is 76.6 Å². The van der Waals surface area contributed by atoms with Gasteiger partial charge in [0.2, 0.25) is 0 Å². The Morgan fingerprint density at radius 2 is 1.31 bits per heavy atom. The van der Waals surface area contributed by atoms with Gasteiger partial charge in [0.15, 0.2) is 0 Å². The first-order valence-electron chi connectivity index (χ1n) is 11.5. The van der Waals surface area contributed by atoms with Gasteiger partial charge in [-0.15, -0.1) is 0 Å². The summed E-state index contributed by atoms with van der Waals surface area (Å²) >= 11 is 0. The van der Waals surface area contributed by atoms with Gasteiger partial charge in [-0.2, -0.15) is 0 Å². The van der Waals surface area contributed by atoms with Crippen molar-refractivity contribution >= 4 is 23.9 Å². The second-order valence-electron chi connectivity index (χ2n) is 9.11. The number of ether oxygens (including phenoxy) is 6. The van der Waals surface area contributed by atoms with E-state index in [0.717, 1.165) is 7.11 Å². The number of carbonyl (C=O) groups is 4. The molecule has 0 bridgehead atoms. The Labute approximate surface area is 210 Å². The number of carbonyl (C=O) groups excluding carboxylic acids is 4. The molecule has 0 saturated carbocycles. The second kappa shape index (κ2) is 16.4. The Morgan fingerprint density at radius 1 is 0.750 bits per heavy atom. The molecule has 36 heavy (non-hydrogen) atoms. The quantitative estimate of drug-likeness (QED) is 0.0675. The lowest BCUT2D eigenvalue weighted by atomic mass is 10.0. The number of aliphatic hydroxyl groups is 3. The van der Waals surface area contributed by atoms with E-state index < -0.39 is 53.5 Å². The van der Waals surface area contributed by atoms with Crippen molar-refractivity contribution in [3.63, 3.8) is 0 Å². The molecule has 0 radical (unpaired) electrons. The van der Waals surface area contributed by atoms with Crippen LogP contribution in [0.15, 0.2) is 0 Å². The first kappa shape index (κ1) is 33.7. The van der Waals surface area contributed by atoms with Crippen LogP contribution >= 0.6 is 0 Å². The molecule has 0 aromatic heterocycles. The molecule has 0 amide bonds. The predicted octanol–water partition coefficient (Wildman–Crippen LogP) is 0.00310. The number of rotatable bonds is 19. The number of methoxy groups -OCH3 is 1. The molecule has 0 aliphatic rings. The molecular formula is C23H40O13. The summed E-state index contributed by atoms with van der Waals surface area (Å²) in [5.74, 6) is -3.20. The van der Waals surface area contributed by atoms with Crippen LogP contribution < -0.4 is 0 Å². The molecule has 13 heteroatoms. The summed E-state index contributed by atoms with van der Waals surface area (Å²) in [5.41, 5.74) is -3.79. The van der Waals surface area contributed by atoms with E-state index in [1.807, 2.05) is 0 Å². The maximum absolute atomic E-state index is 11.8. The van der Waals surface area contributed by atoms with Crippen LogP contribution in [0.2, 0.25) is 0 Å². The van der Waals surface area contributed by atoms with Crippen LogP contribution in [0.1, 0.15) is 59.8 Å². The normalized spacial score (nSPS) is 16.1. The molecular weight excluding hydrogens is 484 g/mol. The summed E-state index contributed by atoms with van der Waals surface area (Å²) in [6, 6.07) is 0. The van der Waals surface area contributed by atoms with Crippen LogP contribution in [0, 0.1) is 0 Å². The van der Waals surface area contributed by atoms with Crippen LogP contribution in [0.3, 0.4) is 0 Å². The monoisotopic (exact) mass is 524 g/mol. The summed E-state index contributed by atoms with van der Waals surface area (Å²) in [6.45, 7) is 5.04. The molecule has 0 heterocycles. The van der Waals surface area contributed by atoms with E-state index in [1.54, 1.807) is 13.8 Å². The van der Waals surface area contributed by atoms with Crippen LogP contribution in [0.5, 0.6) is 0 Å². The van der Waals surface area contributed by atoms with Gasteiger partial charge < -0.3 is 43.7 Å². The average Bonchev–Trinajstić information content (AvgIpc) is 2.79. The smallest absolute Gasteiger partial charge is 0.317 e. The molecule has 0 saturated heterocycles. The summed E-state index contributed by atoms with van der Waals surface area (Å²) < 4.78 is 29.7. The highest BCUT2D eigenvalue weighted by molar-refractivity contribution is 5.91. The molecule has 3 N–H and O–H groups in total. The highest BCUT2D eigenvalue weighted by Gasteiger charge is 2.28. The number of hydrogen-bond acceptors (Lipinski definition) is 13. The van der Waals surface area contributed by atoms with Gasteiger partial charge in [-0.25, -0.2) is 0 Å². The van der Waals surface area contributed by atoms with Crippen molar-refractivity contribution in [1.29, 1.82) is 0 Å². The van der Waals surface area contributed by atoms with Gasteiger partial charge in [0.05, 0.1) is 44.7 Å². The van der Waals surface area contributed by atoms with E-state index in [9.17, 15) is 34.5 Å². The molecule has 0 rings (SSSR count). The van der Waals surface area contributed by atoms with Gasteiger partial charge in [-0.05, 0) is 27.2 Å². The first-order chi connectivity index (χ1) is 16.7. The molecule has 210 valence electrons. The van der Waals surface area contributed by atoms with Crippen molar-refractivity contribution in [2.24, 2.45) is 0 Å². The third-order valence-corrected chi connectivity index (χ3v) is 5.06. The molecule has 3 unspecified atom stereocenters. The van der Waals surface area contributed by atoms with Crippen LogP contribution in [-0.4, -0.2) is 103 Å². The van der Waals surface area contributed by atoms with Gasteiger partial charge in [0.1, 0.15) is 31.8 Å². The van der Waals surface area contributed by atoms with Crippen LogP contribution in [-0.2, 0) is 47.6 Å². The summed E-state index contributed by atoms with van der Waals surface area (Å²) in [4.78, 5) is 46.0. The summed E-state index contributed by atoms with van der Waals surface area (Å²) in [7, 11) is 1.14. The largest absolute Gasteiger partial charge is 0.469 e. The maximum Gasteiger partial charge on any atom is 0.317 e. The van der Waals surface area contributed by atoms with Gasteiger partial charge in [0.25, 0.3) is 0 Å².